The highest BCUT2D eigenvalue weighted by atomic mass is 32.2. The number of aryl methyl sites for hydroxylation is 1. The molecular weight excluding hydrogens is 464 g/mol. The van der Waals surface area contributed by atoms with Crippen molar-refractivity contribution in [3.05, 3.63) is 94.5 Å². The van der Waals surface area contributed by atoms with Crippen LogP contribution in [-0.2, 0) is 22.7 Å². The predicted molar refractivity (Wildman–Crippen MR) is 132 cm³/mol. The first-order valence-electron chi connectivity index (χ1n) is 11.4. The van der Waals surface area contributed by atoms with Crippen LogP contribution in [0.3, 0.4) is 0 Å². The summed E-state index contributed by atoms with van der Waals surface area (Å²) in [6.45, 7) is 0.749. The van der Waals surface area contributed by atoms with Crippen molar-refractivity contribution in [3.8, 4) is 0 Å². The number of fused-ring (bicyclic) bond motifs is 2. The molecule has 5 rings (SSSR count). The van der Waals surface area contributed by atoms with E-state index in [-0.39, 0.29) is 28.8 Å². The molecule has 7 nitrogen and oxygen atoms in total. The molecule has 0 radical (unpaired) electrons. The molecule has 3 aromatic carbocycles. The third-order valence-corrected chi connectivity index (χ3v) is 7.64. The maximum absolute atomic E-state index is 13.4. The number of carbonyl (C=O) groups excluding carboxylic acids is 3. The molecule has 0 aromatic heterocycles. The zero-order valence-corrected chi connectivity index (χ0v) is 20.0. The van der Waals surface area contributed by atoms with Gasteiger partial charge in [0.15, 0.2) is 9.84 Å². The molecule has 0 saturated heterocycles. The first-order chi connectivity index (χ1) is 16.7. The lowest BCUT2D eigenvalue weighted by Crippen LogP contribution is -2.35. The van der Waals surface area contributed by atoms with Gasteiger partial charge >= 0.3 is 0 Å². The maximum atomic E-state index is 13.4. The van der Waals surface area contributed by atoms with Crippen LogP contribution in [0.5, 0.6) is 0 Å². The Morgan fingerprint density at radius 3 is 2.40 bits per heavy atom. The summed E-state index contributed by atoms with van der Waals surface area (Å²) in [5.74, 6) is -1.03. The van der Waals surface area contributed by atoms with Gasteiger partial charge in [0.1, 0.15) is 0 Å². The molecule has 8 heteroatoms. The van der Waals surface area contributed by atoms with Crippen molar-refractivity contribution in [3.63, 3.8) is 0 Å². The monoisotopic (exact) mass is 488 g/mol. The molecule has 2 aliphatic rings. The van der Waals surface area contributed by atoms with Crippen molar-refractivity contribution >= 4 is 33.2 Å². The summed E-state index contributed by atoms with van der Waals surface area (Å²) in [5.41, 5.74) is 3.35. The molecule has 0 aliphatic carbocycles. The molecule has 0 atom stereocenters. The summed E-state index contributed by atoms with van der Waals surface area (Å²) in [4.78, 5) is 42.4. The molecule has 0 spiro atoms. The largest absolute Gasteiger partial charge is 0.308 e. The van der Waals surface area contributed by atoms with Crippen molar-refractivity contribution < 1.29 is 22.8 Å². The quantitative estimate of drug-likeness (QED) is 0.513. The molecule has 3 aromatic rings. The number of hydrogen-bond donors (Lipinski definition) is 0. The Morgan fingerprint density at radius 2 is 1.66 bits per heavy atom. The van der Waals surface area contributed by atoms with Gasteiger partial charge in [-0.3, -0.25) is 19.3 Å². The fourth-order valence-corrected chi connectivity index (χ4v) is 5.35. The van der Waals surface area contributed by atoms with Gasteiger partial charge in [-0.25, -0.2) is 8.42 Å². The third kappa shape index (κ3) is 4.25. The van der Waals surface area contributed by atoms with E-state index in [1.165, 1.54) is 17.0 Å². The Labute approximate surface area is 203 Å². The number of amides is 3. The van der Waals surface area contributed by atoms with Gasteiger partial charge < -0.3 is 4.90 Å². The minimum absolute atomic E-state index is 0.225. The molecule has 0 N–H and O–H groups in total. The maximum Gasteiger partial charge on any atom is 0.261 e. The summed E-state index contributed by atoms with van der Waals surface area (Å²) in [7, 11) is -3.35. The Bertz CT molecular complexity index is 1460. The van der Waals surface area contributed by atoms with Gasteiger partial charge in [-0.15, -0.1) is 0 Å². The fourth-order valence-electron chi connectivity index (χ4n) is 4.68. The number of rotatable bonds is 5. The predicted octanol–water partition coefficient (Wildman–Crippen LogP) is 3.52. The van der Waals surface area contributed by atoms with Crippen molar-refractivity contribution in [2.45, 2.75) is 24.2 Å². The zero-order chi connectivity index (χ0) is 24.7. The number of hydrogen-bond acceptors (Lipinski definition) is 5. The second-order valence-corrected chi connectivity index (χ2v) is 10.9. The van der Waals surface area contributed by atoms with Crippen LogP contribution in [0, 0.1) is 0 Å². The molecular formula is C27H24N2O5S. The summed E-state index contributed by atoms with van der Waals surface area (Å²) < 4.78 is 23.9. The highest BCUT2D eigenvalue weighted by Crippen LogP contribution is 2.32. The van der Waals surface area contributed by atoms with Gasteiger partial charge in [0.25, 0.3) is 17.7 Å². The van der Waals surface area contributed by atoms with Crippen LogP contribution in [0.25, 0.3) is 0 Å². The Morgan fingerprint density at radius 1 is 0.914 bits per heavy atom. The number of benzene rings is 3. The van der Waals surface area contributed by atoms with E-state index in [2.05, 4.69) is 0 Å². The van der Waals surface area contributed by atoms with E-state index in [9.17, 15) is 22.8 Å². The van der Waals surface area contributed by atoms with Crippen LogP contribution in [0.2, 0.25) is 0 Å². The van der Waals surface area contributed by atoms with Gasteiger partial charge in [-0.05, 0) is 66.8 Å². The van der Waals surface area contributed by atoms with Crippen LogP contribution in [0.15, 0.2) is 71.6 Å². The average molecular weight is 489 g/mol. The SMILES string of the molecule is CS(=O)(=O)c1ccc2c(c1)CCCN2C(=O)c1ccc2c(c1)C(=O)N(CCc1ccccc1)C2=O. The lowest BCUT2D eigenvalue weighted by atomic mass is 9.99. The normalized spacial score (nSPS) is 15.2. The molecule has 3 amide bonds. The molecule has 0 saturated carbocycles. The minimum Gasteiger partial charge on any atom is -0.308 e. The van der Waals surface area contributed by atoms with E-state index >= 15 is 0 Å². The lowest BCUT2D eigenvalue weighted by molar-refractivity contribution is 0.0656. The van der Waals surface area contributed by atoms with Crippen LogP contribution >= 0.6 is 0 Å². The van der Waals surface area contributed by atoms with Crippen LogP contribution < -0.4 is 4.90 Å². The van der Waals surface area contributed by atoms with Crippen molar-refractivity contribution in [1.82, 2.24) is 4.90 Å². The van der Waals surface area contributed by atoms with Crippen LogP contribution in [0.4, 0.5) is 5.69 Å². The third-order valence-electron chi connectivity index (χ3n) is 6.53. The van der Waals surface area contributed by atoms with E-state index in [0.717, 1.165) is 17.4 Å². The van der Waals surface area contributed by atoms with E-state index < -0.39 is 15.7 Å². The Balaban J connectivity index is 1.39. The molecule has 2 heterocycles. The van der Waals surface area contributed by atoms with Crippen LogP contribution in [-0.4, -0.2) is 50.4 Å². The molecule has 35 heavy (non-hydrogen) atoms. The second kappa shape index (κ2) is 8.78. The minimum atomic E-state index is -3.35. The van der Waals surface area contributed by atoms with E-state index in [0.29, 0.717) is 42.6 Å². The molecule has 0 fully saturated rings. The first-order valence-corrected chi connectivity index (χ1v) is 13.3. The summed E-state index contributed by atoms with van der Waals surface area (Å²) in [6.07, 6.45) is 3.09. The van der Waals surface area contributed by atoms with Crippen LogP contribution in [0.1, 0.15) is 48.6 Å². The number of carbonyl (C=O) groups is 3. The number of nitrogens with zero attached hydrogens (tertiary/aromatic N) is 2. The average Bonchev–Trinajstić information content (AvgIpc) is 3.10. The number of sulfone groups is 1. The second-order valence-electron chi connectivity index (χ2n) is 8.88. The Hall–Kier alpha value is -3.78. The van der Waals surface area contributed by atoms with Crippen molar-refractivity contribution in [1.29, 1.82) is 0 Å². The van der Waals surface area contributed by atoms with Gasteiger partial charge in [0, 0.05) is 30.6 Å². The summed E-state index contributed by atoms with van der Waals surface area (Å²) >= 11 is 0. The van der Waals surface area contributed by atoms with E-state index in [1.807, 2.05) is 30.3 Å². The zero-order valence-electron chi connectivity index (χ0n) is 19.2. The smallest absolute Gasteiger partial charge is 0.261 e. The van der Waals surface area contributed by atoms with Crippen molar-refractivity contribution in [2.24, 2.45) is 0 Å². The first kappa shape index (κ1) is 23.0. The molecule has 178 valence electrons. The molecule has 2 aliphatic heterocycles. The van der Waals surface area contributed by atoms with Gasteiger partial charge in [0.2, 0.25) is 0 Å². The summed E-state index contributed by atoms with van der Waals surface area (Å²) in [6, 6.07) is 19.1. The van der Waals surface area contributed by atoms with Gasteiger partial charge in [0.05, 0.1) is 16.0 Å². The lowest BCUT2D eigenvalue weighted by Gasteiger charge is -2.30. The molecule has 0 bridgehead atoms. The van der Waals surface area contributed by atoms with E-state index in [1.54, 1.807) is 29.2 Å². The number of imide groups is 1. The van der Waals surface area contributed by atoms with Gasteiger partial charge in [-0.2, -0.15) is 0 Å². The summed E-state index contributed by atoms with van der Waals surface area (Å²) in [5, 5.41) is 0. The number of anilines is 1. The Kier molecular flexibility index (Phi) is 5.76. The van der Waals surface area contributed by atoms with Gasteiger partial charge in [-0.1, -0.05) is 30.3 Å². The highest BCUT2D eigenvalue weighted by molar-refractivity contribution is 7.90. The van der Waals surface area contributed by atoms with E-state index in [4.69, 9.17) is 0 Å². The fraction of sp³-hybridized carbons (Fsp3) is 0.222. The van der Waals surface area contributed by atoms with Crippen molar-refractivity contribution in [2.75, 3.05) is 24.2 Å². The standard InChI is InChI=1S/C27H24N2O5S/c1-35(33,34)21-10-12-24-19(16-21)8-5-14-28(24)25(30)20-9-11-22-23(17-20)27(32)29(26(22)31)15-13-18-6-3-2-4-7-18/h2-4,6-7,9-12,16-17H,5,8,13-15H2,1H3. The highest BCUT2D eigenvalue weighted by Gasteiger charge is 2.36. The topological polar surface area (TPSA) is 91.8 Å². The molecule has 0 unspecified atom stereocenters.